The Balaban J connectivity index is 0.000000782. The zero-order valence-corrected chi connectivity index (χ0v) is 23.1. The molecule has 0 saturated carbocycles. The van der Waals surface area contributed by atoms with Crippen molar-refractivity contribution in [3.63, 3.8) is 0 Å². The minimum atomic E-state index is -5.08. The first-order chi connectivity index (χ1) is 19.6. The van der Waals surface area contributed by atoms with Gasteiger partial charge in [-0.05, 0) is 41.8 Å². The molecule has 0 spiro atoms. The van der Waals surface area contributed by atoms with Crippen LogP contribution in [-0.2, 0) is 30.8 Å². The molecule has 3 aromatic rings. The molecule has 0 saturated heterocycles. The first-order valence-corrected chi connectivity index (χ1v) is 13.4. The Morgan fingerprint density at radius 2 is 1.69 bits per heavy atom. The van der Waals surface area contributed by atoms with Gasteiger partial charge in [0.05, 0.1) is 18.2 Å². The standard InChI is InChI=1S/C25H26N4O5S.C2HF3O2/c1-16-6-11-23(35(27,32)33)21(12-16)19-7-9-20(10-8-19)24(30)29-22(25(31)34-2)14-17-4-3-5-18(13-17)15-28-26;3-2(4,5)1(6)7/h3-13,15,22H,14,26H2,1-2H3,(H,29,30)(H2,27,32,33);(H,6,7)/t22-;/m0./s1. The second-order valence-electron chi connectivity index (χ2n) is 8.70. The van der Waals surface area contributed by atoms with E-state index in [1.54, 1.807) is 48.5 Å². The van der Waals surface area contributed by atoms with Crippen LogP contribution < -0.4 is 16.3 Å². The number of nitrogens with two attached hydrogens (primary N) is 2. The van der Waals surface area contributed by atoms with Crippen molar-refractivity contribution in [1.29, 1.82) is 0 Å². The molecule has 0 radical (unpaired) electrons. The number of esters is 1. The van der Waals surface area contributed by atoms with E-state index in [4.69, 9.17) is 25.6 Å². The summed E-state index contributed by atoms with van der Waals surface area (Å²) in [4.78, 5) is 34.1. The summed E-state index contributed by atoms with van der Waals surface area (Å²) in [5, 5.41) is 18.7. The van der Waals surface area contributed by atoms with Crippen LogP contribution in [0.5, 0.6) is 0 Å². The Kier molecular flexibility index (Phi) is 11.3. The van der Waals surface area contributed by atoms with E-state index < -0.39 is 40.1 Å². The number of rotatable bonds is 8. The predicted molar refractivity (Wildman–Crippen MR) is 147 cm³/mol. The van der Waals surface area contributed by atoms with Crippen LogP contribution in [0.2, 0.25) is 0 Å². The van der Waals surface area contributed by atoms with Gasteiger partial charge in [0.25, 0.3) is 5.91 Å². The van der Waals surface area contributed by atoms with E-state index in [-0.39, 0.29) is 16.9 Å². The van der Waals surface area contributed by atoms with Gasteiger partial charge in [0.15, 0.2) is 0 Å². The third kappa shape index (κ3) is 9.71. The molecule has 0 heterocycles. The van der Waals surface area contributed by atoms with E-state index in [1.165, 1.54) is 19.4 Å². The number of aliphatic carboxylic acids is 1. The summed E-state index contributed by atoms with van der Waals surface area (Å²) in [7, 11) is -2.69. The molecule has 224 valence electrons. The number of carbonyl (C=O) groups is 3. The highest BCUT2D eigenvalue weighted by molar-refractivity contribution is 7.89. The average molecular weight is 609 g/mol. The molecule has 0 fully saturated rings. The summed E-state index contributed by atoms with van der Waals surface area (Å²) in [5.74, 6) is 1.37. The number of hydrogen-bond donors (Lipinski definition) is 4. The summed E-state index contributed by atoms with van der Waals surface area (Å²) < 4.78 is 60.6. The SMILES string of the molecule is COC(=O)[C@H](Cc1cccc(C=NN)c1)NC(=O)c1ccc(-c2cc(C)ccc2S(N)(=O)=O)cc1.O=C(O)C(F)(F)F. The van der Waals surface area contributed by atoms with Crippen molar-refractivity contribution in [2.24, 2.45) is 16.1 Å². The highest BCUT2D eigenvalue weighted by Crippen LogP contribution is 2.28. The number of carboxylic acids is 1. The van der Waals surface area contributed by atoms with Crippen molar-refractivity contribution in [1.82, 2.24) is 5.32 Å². The summed E-state index contributed by atoms with van der Waals surface area (Å²) in [6.45, 7) is 1.84. The van der Waals surface area contributed by atoms with Crippen LogP contribution in [0.25, 0.3) is 11.1 Å². The number of methoxy groups -OCH3 is 1. The number of sulfonamides is 1. The van der Waals surface area contributed by atoms with E-state index in [0.717, 1.165) is 16.7 Å². The van der Waals surface area contributed by atoms with Crippen LogP contribution in [-0.4, -0.2) is 56.9 Å². The maximum absolute atomic E-state index is 12.9. The number of aryl methyl sites for hydroxylation is 1. The largest absolute Gasteiger partial charge is 0.490 e. The van der Waals surface area contributed by atoms with Crippen LogP contribution in [0.1, 0.15) is 27.0 Å². The van der Waals surface area contributed by atoms with Gasteiger partial charge in [-0.1, -0.05) is 54.1 Å². The number of hydrogen-bond acceptors (Lipinski definition) is 8. The van der Waals surface area contributed by atoms with Crippen molar-refractivity contribution in [2.75, 3.05) is 7.11 Å². The van der Waals surface area contributed by atoms with Crippen LogP contribution in [0, 0.1) is 6.92 Å². The topological polar surface area (TPSA) is 191 Å². The lowest BCUT2D eigenvalue weighted by Crippen LogP contribution is -2.43. The smallest absolute Gasteiger partial charge is 0.475 e. The first kappa shape index (κ1) is 33.4. The molecule has 3 aromatic carbocycles. The maximum Gasteiger partial charge on any atom is 0.490 e. The predicted octanol–water partition coefficient (Wildman–Crippen LogP) is 2.75. The number of hydrazone groups is 1. The first-order valence-electron chi connectivity index (χ1n) is 11.8. The van der Waals surface area contributed by atoms with Gasteiger partial charge in [-0.15, -0.1) is 0 Å². The minimum Gasteiger partial charge on any atom is -0.475 e. The highest BCUT2D eigenvalue weighted by Gasteiger charge is 2.38. The molecule has 6 N–H and O–H groups in total. The molecule has 1 atom stereocenters. The molecule has 0 aromatic heterocycles. The van der Waals surface area contributed by atoms with Crippen LogP contribution in [0.4, 0.5) is 13.2 Å². The summed E-state index contributed by atoms with van der Waals surface area (Å²) >= 11 is 0. The zero-order chi connectivity index (χ0) is 31.7. The van der Waals surface area contributed by atoms with E-state index in [1.807, 2.05) is 19.1 Å². The zero-order valence-electron chi connectivity index (χ0n) is 22.3. The van der Waals surface area contributed by atoms with E-state index in [0.29, 0.717) is 11.1 Å². The second-order valence-corrected chi connectivity index (χ2v) is 10.2. The van der Waals surface area contributed by atoms with Crippen molar-refractivity contribution >= 4 is 34.1 Å². The fourth-order valence-corrected chi connectivity index (χ4v) is 4.36. The molecular formula is C27H27F3N4O7S. The number of amides is 1. The number of primary sulfonamides is 1. The fraction of sp³-hybridized carbons (Fsp3) is 0.185. The number of benzene rings is 3. The van der Waals surface area contributed by atoms with Crippen molar-refractivity contribution in [3.05, 3.63) is 89.0 Å². The van der Waals surface area contributed by atoms with Gasteiger partial charge in [-0.2, -0.15) is 18.3 Å². The van der Waals surface area contributed by atoms with Gasteiger partial charge in [-0.25, -0.2) is 23.1 Å². The quantitative estimate of drug-likeness (QED) is 0.130. The molecule has 42 heavy (non-hydrogen) atoms. The Bertz CT molecular complexity index is 1580. The third-order valence-electron chi connectivity index (χ3n) is 5.55. The van der Waals surface area contributed by atoms with Crippen LogP contribution in [0.15, 0.2) is 76.7 Å². The van der Waals surface area contributed by atoms with Crippen LogP contribution in [0.3, 0.4) is 0 Å². The number of ether oxygens (including phenoxy) is 1. The minimum absolute atomic E-state index is 0.00651. The van der Waals surface area contributed by atoms with Crippen LogP contribution >= 0.6 is 0 Å². The third-order valence-corrected chi connectivity index (χ3v) is 6.52. The monoisotopic (exact) mass is 608 g/mol. The lowest BCUT2D eigenvalue weighted by atomic mass is 10.0. The van der Waals surface area contributed by atoms with Gasteiger partial charge in [-0.3, -0.25) is 4.79 Å². The average Bonchev–Trinajstić information content (AvgIpc) is 2.92. The van der Waals surface area contributed by atoms with E-state index >= 15 is 0 Å². The number of carboxylic acid groups (broad SMARTS) is 1. The second kappa shape index (κ2) is 14.2. The summed E-state index contributed by atoms with van der Waals surface area (Å²) in [6.07, 6.45) is -3.41. The molecule has 0 aliphatic heterocycles. The number of carbonyl (C=O) groups excluding carboxylic acids is 2. The molecule has 0 bridgehead atoms. The lowest BCUT2D eigenvalue weighted by Gasteiger charge is -2.17. The van der Waals surface area contributed by atoms with Gasteiger partial charge < -0.3 is 21.0 Å². The molecule has 3 rings (SSSR count). The Hall–Kier alpha value is -4.76. The number of halogens is 3. The molecule has 1 amide bonds. The molecule has 11 nitrogen and oxygen atoms in total. The van der Waals surface area contributed by atoms with E-state index in [9.17, 15) is 31.2 Å². The fourth-order valence-electron chi connectivity index (χ4n) is 3.62. The number of nitrogens with zero attached hydrogens (tertiary/aromatic N) is 1. The highest BCUT2D eigenvalue weighted by atomic mass is 32.2. The van der Waals surface area contributed by atoms with Gasteiger partial charge in [0.2, 0.25) is 10.0 Å². The molecule has 15 heteroatoms. The van der Waals surface area contributed by atoms with Gasteiger partial charge >= 0.3 is 18.1 Å². The Morgan fingerprint density at radius 3 is 2.21 bits per heavy atom. The van der Waals surface area contributed by atoms with Crippen molar-refractivity contribution in [2.45, 2.75) is 30.5 Å². The number of nitrogens with one attached hydrogen (secondary N) is 1. The van der Waals surface area contributed by atoms with Crippen molar-refractivity contribution in [3.8, 4) is 11.1 Å². The maximum atomic E-state index is 12.9. The molecule has 0 aliphatic carbocycles. The van der Waals surface area contributed by atoms with Gasteiger partial charge in [0.1, 0.15) is 6.04 Å². The normalized spacial score (nSPS) is 12.1. The Morgan fingerprint density at radius 1 is 1.07 bits per heavy atom. The van der Waals surface area contributed by atoms with Crippen molar-refractivity contribution < 1.29 is 45.8 Å². The molecule has 0 unspecified atom stereocenters. The lowest BCUT2D eigenvalue weighted by molar-refractivity contribution is -0.192. The van der Waals surface area contributed by atoms with E-state index in [2.05, 4.69) is 10.4 Å². The van der Waals surface area contributed by atoms with Gasteiger partial charge in [0, 0.05) is 17.5 Å². The molecular weight excluding hydrogens is 581 g/mol. The molecule has 0 aliphatic rings. The Labute approximate surface area is 239 Å². The number of alkyl halides is 3. The summed E-state index contributed by atoms with van der Waals surface area (Å²) in [6, 6.07) is 17.5. The summed E-state index contributed by atoms with van der Waals surface area (Å²) in [5.41, 5.74) is 3.70.